The van der Waals surface area contributed by atoms with Gasteiger partial charge in [0.25, 0.3) is 0 Å². The van der Waals surface area contributed by atoms with Crippen molar-refractivity contribution >= 4 is 5.91 Å². The van der Waals surface area contributed by atoms with Crippen LogP contribution < -0.4 is 0 Å². The van der Waals surface area contributed by atoms with Gasteiger partial charge in [-0.2, -0.15) is 0 Å². The van der Waals surface area contributed by atoms with E-state index in [0.717, 1.165) is 19.4 Å². The van der Waals surface area contributed by atoms with E-state index in [0.29, 0.717) is 24.8 Å². The Morgan fingerprint density at radius 2 is 2.06 bits per heavy atom. The van der Waals surface area contributed by atoms with Crippen LogP contribution in [0.15, 0.2) is 0 Å². The van der Waals surface area contributed by atoms with Crippen LogP contribution in [0.3, 0.4) is 0 Å². The zero-order valence-electron chi connectivity index (χ0n) is 10.2. The number of likely N-dealkylation sites (tertiary alicyclic amines) is 1. The maximum atomic E-state index is 11.6. The molecule has 1 amide bonds. The van der Waals surface area contributed by atoms with Crippen LogP contribution in [0.5, 0.6) is 0 Å². The number of carbonyl (C=O) groups excluding carboxylic acids is 1. The highest BCUT2D eigenvalue weighted by Gasteiger charge is 2.30. The average Bonchev–Trinajstić information content (AvgIpc) is 2.59. The smallest absolute Gasteiger partial charge is 0.223 e. The van der Waals surface area contributed by atoms with E-state index in [-0.39, 0.29) is 12.0 Å². The summed E-state index contributed by atoms with van der Waals surface area (Å²) in [5, 5.41) is 10.1. The van der Waals surface area contributed by atoms with E-state index >= 15 is 0 Å². The van der Waals surface area contributed by atoms with Crippen LogP contribution in [0.25, 0.3) is 0 Å². The standard InChI is InChI=1S/C13H23NO2/c1-10-7-13(16)14(8-10)9-12(15)11-5-3-2-4-6-11/h10-12,15H,2-9H2,1H3. The fourth-order valence-corrected chi connectivity index (χ4v) is 3.04. The van der Waals surface area contributed by atoms with Crippen LogP contribution in [-0.2, 0) is 4.79 Å². The lowest BCUT2D eigenvalue weighted by Gasteiger charge is -2.29. The van der Waals surface area contributed by atoms with Crippen molar-refractivity contribution in [2.24, 2.45) is 11.8 Å². The highest BCUT2D eigenvalue weighted by atomic mass is 16.3. The third-order valence-electron chi connectivity index (χ3n) is 4.01. The molecule has 0 aromatic heterocycles. The average molecular weight is 225 g/mol. The molecule has 1 aliphatic carbocycles. The van der Waals surface area contributed by atoms with Gasteiger partial charge in [0.1, 0.15) is 0 Å². The fraction of sp³-hybridized carbons (Fsp3) is 0.923. The van der Waals surface area contributed by atoms with Crippen molar-refractivity contribution in [2.75, 3.05) is 13.1 Å². The first-order valence-corrected chi connectivity index (χ1v) is 6.62. The Balaban J connectivity index is 1.81. The molecule has 1 saturated heterocycles. The molecule has 2 atom stereocenters. The van der Waals surface area contributed by atoms with E-state index in [9.17, 15) is 9.90 Å². The van der Waals surface area contributed by atoms with E-state index < -0.39 is 0 Å². The van der Waals surface area contributed by atoms with Crippen molar-refractivity contribution in [1.82, 2.24) is 4.90 Å². The molecule has 0 radical (unpaired) electrons. The van der Waals surface area contributed by atoms with Gasteiger partial charge in [0.15, 0.2) is 0 Å². The second-order valence-electron chi connectivity index (χ2n) is 5.57. The molecule has 1 aliphatic heterocycles. The van der Waals surface area contributed by atoms with Crippen molar-refractivity contribution in [1.29, 1.82) is 0 Å². The number of hydrogen-bond donors (Lipinski definition) is 1. The van der Waals surface area contributed by atoms with Gasteiger partial charge < -0.3 is 10.0 Å². The van der Waals surface area contributed by atoms with E-state index in [1.807, 2.05) is 4.90 Å². The first kappa shape index (κ1) is 11.9. The van der Waals surface area contributed by atoms with Gasteiger partial charge in [0.2, 0.25) is 5.91 Å². The van der Waals surface area contributed by atoms with E-state index in [4.69, 9.17) is 0 Å². The Labute approximate surface area is 97.8 Å². The molecule has 1 N–H and O–H groups in total. The molecule has 16 heavy (non-hydrogen) atoms. The molecule has 2 aliphatic rings. The Kier molecular flexibility index (Phi) is 3.85. The summed E-state index contributed by atoms with van der Waals surface area (Å²) in [6, 6.07) is 0. The number of nitrogens with zero attached hydrogens (tertiary/aromatic N) is 1. The van der Waals surface area contributed by atoms with Gasteiger partial charge >= 0.3 is 0 Å². The van der Waals surface area contributed by atoms with Gasteiger partial charge in [-0.3, -0.25) is 4.79 Å². The SMILES string of the molecule is CC1CC(=O)N(CC(O)C2CCCCC2)C1. The summed E-state index contributed by atoms with van der Waals surface area (Å²) in [7, 11) is 0. The highest BCUT2D eigenvalue weighted by molar-refractivity contribution is 5.78. The zero-order chi connectivity index (χ0) is 11.5. The Morgan fingerprint density at radius 3 is 2.62 bits per heavy atom. The molecule has 0 aromatic carbocycles. The van der Waals surface area contributed by atoms with Crippen LogP contribution in [0.2, 0.25) is 0 Å². The number of β-amino-alcohol motifs (C(OH)–C–C–N with tert-alkyl or cyclic N) is 1. The molecule has 0 bridgehead atoms. The van der Waals surface area contributed by atoms with Gasteiger partial charge in [-0.1, -0.05) is 26.2 Å². The van der Waals surface area contributed by atoms with Crippen molar-refractivity contribution in [3.63, 3.8) is 0 Å². The number of amides is 1. The molecule has 1 heterocycles. The molecule has 2 unspecified atom stereocenters. The van der Waals surface area contributed by atoms with Crippen LogP contribution in [0.1, 0.15) is 45.4 Å². The minimum Gasteiger partial charge on any atom is -0.391 e. The minimum absolute atomic E-state index is 0.224. The largest absolute Gasteiger partial charge is 0.391 e. The second kappa shape index (κ2) is 5.17. The van der Waals surface area contributed by atoms with Gasteiger partial charge in [0, 0.05) is 19.5 Å². The Morgan fingerprint density at radius 1 is 1.38 bits per heavy atom. The lowest BCUT2D eigenvalue weighted by atomic mass is 9.85. The maximum Gasteiger partial charge on any atom is 0.223 e. The van der Waals surface area contributed by atoms with Crippen molar-refractivity contribution < 1.29 is 9.90 Å². The monoisotopic (exact) mass is 225 g/mol. The summed E-state index contributed by atoms with van der Waals surface area (Å²) < 4.78 is 0. The van der Waals surface area contributed by atoms with Gasteiger partial charge in [-0.25, -0.2) is 0 Å². The van der Waals surface area contributed by atoms with E-state index in [1.54, 1.807) is 0 Å². The lowest BCUT2D eigenvalue weighted by Crippen LogP contribution is -2.38. The first-order valence-electron chi connectivity index (χ1n) is 6.62. The van der Waals surface area contributed by atoms with Crippen molar-refractivity contribution in [2.45, 2.75) is 51.6 Å². The minimum atomic E-state index is -0.297. The van der Waals surface area contributed by atoms with Gasteiger partial charge in [-0.15, -0.1) is 0 Å². The van der Waals surface area contributed by atoms with Gasteiger partial charge in [-0.05, 0) is 24.7 Å². The Hall–Kier alpha value is -0.570. The summed E-state index contributed by atoms with van der Waals surface area (Å²) in [6.45, 7) is 3.50. The van der Waals surface area contributed by atoms with E-state index in [1.165, 1.54) is 19.3 Å². The molecule has 0 spiro atoms. The highest BCUT2D eigenvalue weighted by Crippen LogP contribution is 2.28. The number of aliphatic hydroxyl groups is 1. The first-order chi connectivity index (χ1) is 7.66. The predicted molar refractivity (Wildman–Crippen MR) is 62.9 cm³/mol. The third kappa shape index (κ3) is 2.76. The summed E-state index contributed by atoms with van der Waals surface area (Å²) in [5.41, 5.74) is 0. The molecular formula is C13H23NO2. The molecule has 3 nitrogen and oxygen atoms in total. The topological polar surface area (TPSA) is 40.5 Å². The van der Waals surface area contributed by atoms with Crippen LogP contribution in [0.4, 0.5) is 0 Å². The summed E-state index contributed by atoms with van der Waals surface area (Å²) in [4.78, 5) is 13.5. The summed E-state index contributed by atoms with van der Waals surface area (Å²) in [6.07, 6.45) is 6.44. The fourth-order valence-electron chi connectivity index (χ4n) is 3.04. The number of aliphatic hydroxyl groups excluding tert-OH is 1. The third-order valence-corrected chi connectivity index (χ3v) is 4.01. The quantitative estimate of drug-likeness (QED) is 0.795. The second-order valence-corrected chi connectivity index (χ2v) is 5.57. The molecule has 3 heteroatoms. The molecule has 2 rings (SSSR count). The zero-order valence-corrected chi connectivity index (χ0v) is 10.2. The van der Waals surface area contributed by atoms with E-state index in [2.05, 4.69) is 6.92 Å². The Bertz CT molecular complexity index is 248. The molecule has 1 saturated carbocycles. The normalized spacial score (nSPS) is 29.8. The molecule has 0 aromatic rings. The molecule has 2 fully saturated rings. The van der Waals surface area contributed by atoms with Crippen molar-refractivity contribution in [3.05, 3.63) is 0 Å². The van der Waals surface area contributed by atoms with Crippen LogP contribution in [-0.4, -0.2) is 35.1 Å². The number of carbonyl (C=O) groups is 1. The van der Waals surface area contributed by atoms with Crippen LogP contribution >= 0.6 is 0 Å². The molecule has 92 valence electrons. The predicted octanol–water partition coefficient (Wildman–Crippen LogP) is 1.80. The number of rotatable bonds is 3. The van der Waals surface area contributed by atoms with Crippen molar-refractivity contribution in [3.8, 4) is 0 Å². The van der Waals surface area contributed by atoms with Gasteiger partial charge in [0.05, 0.1) is 6.10 Å². The maximum absolute atomic E-state index is 11.6. The van der Waals surface area contributed by atoms with Crippen LogP contribution in [0, 0.1) is 11.8 Å². The summed E-state index contributed by atoms with van der Waals surface area (Å²) in [5.74, 6) is 1.12. The summed E-state index contributed by atoms with van der Waals surface area (Å²) >= 11 is 0. The lowest BCUT2D eigenvalue weighted by molar-refractivity contribution is -0.129. The molecular weight excluding hydrogens is 202 g/mol. The number of hydrogen-bond acceptors (Lipinski definition) is 2.